The molecule has 0 spiro atoms. The highest BCUT2D eigenvalue weighted by atomic mass is 14.8. The third-order valence-electron chi connectivity index (χ3n) is 3.03. The van der Waals surface area contributed by atoms with Crippen molar-refractivity contribution in [2.24, 2.45) is 0 Å². The van der Waals surface area contributed by atoms with Gasteiger partial charge in [0.1, 0.15) is 0 Å². The molecule has 0 aliphatic carbocycles. The van der Waals surface area contributed by atoms with Crippen molar-refractivity contribution in [1.82, 2.24) is 10.3 Å². The lowest BCUT2D eigenvalue weighted by Crippen LogP contribution is -2.21. The highest BCUT2D eigenvalue weighted by Crippen LogP contribution is 2.14. The van der Waals surface area contributed by atoms with Crippen LogP contribution in [-0.2, 0) is 6.42 Å². The summed E-state index contributed by atoms with van der Waals surface area (Å²) in [4.78, 5) is 4.37. The maximum atomic E-state index is 4.37. The van der Waals surface area contributed by atoms with Crippen LogP contribution in [0, 0.1) is 0 Å². The largest absolute Gasteiger partial charge is 0.317 e. The van der Waals surface area contributed by atoms with Gasteiger partial charge in [0.05, 0.1) is 5.52 Å². The number of fused-ring (bicyclic) bond motifs is 1. The predicted molar refractivity (Wildman–Crippen MR) is 68.6 cm³/mol. The van der Waals surface area contributed by atoms with Crippen LogP contribution >= 0.6 is 0 Å². The van der Waals surface area contributed by atoms with E-state index in [0.717, 1.165) is 18.4 Å². The van der Waals surface area contributed by atoms with Crippen molar-refractivity contribution in [2.45, 2.75) is 25.8 Å². The van der Waals surface area contributed by atoms with Crippen LogP contribution in [-0.4, -0.2) is 18.1 Å². The Balaban J connectivity index is 2.13. The quantitative estimate of drug-likeness (QED) is 0.846. The Morgan fingerprint density at radius 2 is 2.19 bits per heavy atom. The standard InChI is InChI=1S/C14H18N2/c1-11(15-2)5-6-12-7-8-13-4-3-9-16-14(13)10-12/h3-4,7-11,15H,5-6H2,1-2H3. The van der Waals surface area contributed by atoms with Crippen molar-refractivity contribution in [2.75, 3.05) is 7.05 Å². The second-order valence-electron chi connectivity index (χ2n) is 4.26. The number of nitrogens with one attached hydrogen (secondary N) is 1. The second-order valence-corrected chi connectivity index (χ2v) is 4.26. The molecule has 0 saturated carbocycles. The molecule has 2 aromatic rings. The summed E-state index contributed by atoms with van der Waals surface area (Å²) in [6, 6.07) is 11.2. The Bertz CT molecular complexity index is 465. The van der Waals surface area contributed by atoms with E-state index >= 15 is 0 Å². The van der Waals surface area contributed by atoms with Crippen LogP contribution in [0.2, 0.25) is 0 Å². The second kappa shape index (κ2) is 5.08. The smallest absolute Gasteiger partial charge is 0.0704 e. The molecule has 2 nitrogen and oxygen atoms in total. The normalized spacial score (nSPS) is 12.9. The Kier molecular flexibility index (Phi) is 3.52. The van der Waals surface area contributed by atoms with E-state index in [0.29, 0.717) is 6.04 Å². The monoisotopic (exact) mass is 214 g/mol. The minimum atomic E-state index is 0.569. The predicted octanol–water partition coefficient (Wildman–Crippen LogP) is 2.78. The molecule has 1 N–H and O–H groups in total. The molecular weight excluding hydrogens is 196 g/mol. The molecule has 0 fully saturated rings. The number of hydrogen-bond acceptors (Lipinski definition) is 2. The molecule has 2 rings (SSSR count). The van der Waals surface area contributed by atoms with Crippen molar-refractivity contribution < 1.29 is 0 Å². The molecule has 0 radical (unpaired) electrons. The number of aryl methyl sites for hydroxylation is 1. The van der Waals surface area contributed by atoms with Crippen LogP contribution in [0.4, 0.5) is 0 Å². The Labute approximate surface area is 96.7 Å². The minimum absolute atomic E-state index is 0.569. The summed E-state index contributed by atoms with van der Waals surface area (Å²) < 4.78 is 0. The minimum Gasteiger partial charge on any atom is -0.317 e. The topological polar surface area (TPSA) is 24.9 Å². The summed E-state index contributed by atoms with van der Waals surface area (Å²) in [5.74, 6) is 0. The highest BCUT2D eigenvalue weighted by Gasteiger charge is 2.01. The molecule has 16 heavy (non-hydrogen) atoms. The number of benzene rings is 1. The summed E-state index contributed by atoms with van der Waals surface area (Å²) in [6.07, 6.45) is 4.12. The first kappa shape index (κ1) is 11.1. The maximum Gasteiger partial charge on any atom is 0.0704 e. The summed E-state index contributed by atoms with van der Waals surface area (Å²) in [6.45, 7) is 2.21. The van der Waals surface area contributed by atoms with Crippen molar-refractivity contribution in [3.05, 3.63) is 42.1 Å². The molecule has 0 aliphatic rings. The van der Waals surface area contributed by atoms with Gasteiger partial charge in [-0.05, 0) is 44.5 Å². The molecular formula is C14H18N2. The third-order valence-corrected chi connectivity index (χ3v) is 3.03. The summed E-state index contributed by atoms with van der Waals surface area (Å²) in [7, 11) is 2.01. The average molecular weight is 214 g/mol. The summed E-state index contributed by atoms with van der Waals surface area (Å²) in [5.41, 5.74) is 2.46. The van der Waals surface area contributed by atoms with E-state index in [-0.39, 0.29) is 0 Å². The van der Waals surface area contributed by atoms with Gasteiger partial charge in [-0.2, -0.15) is 0 Å². The zero-order valence-electron chi connectivity index (χ0n) is 9.90. The molecule has 2 heteroatoms. The maximum absolute atomic E-state index is 4.37. The molecule has 1 aromatic carbocycles. The third kappa shape index (κ3) is 2.58. The van der Waals surface area contributed by atoms with Gasteiger partial charge in [-0.25, -0.2) is 0 Å². The zero-order chi connectivity index (χ0) is 11.4. The first-order valence-electron chi connectivity index (χ1n) is 5.80. The molecule has 1 atom stereocenters. The fourth-order valence-electron chi connectivity index (χ4n) is 1.80. The fraction of sp³-hybridized carbons (Fsp3) is 0.357. The molecule has 0 aliphatic heterocycles. The summed E-state index contributed by atoms with van der Waals surface area (Å²) >= 11 is 0. The van der Waals surface area contributed by atoms with Crippen molar-refractivity contribution in [1.29, 1.82) is 0 Å². The molecule has 84 valence electrons. The zero-order valence-corrected chi connectivity index (χ0v) is 9.90. The van der Waals surface area contributed by atoms with Gasteiger partial charge in [0.25, 0.3) is 0 Å². The Hall–Kier alpha value is -1.41. The average Bonchev–Trinajstić information content (AvgIpc) is 2.35. The van der Waals surface area contributed by atoms with Gasteiger partial charge < -0.3 is 5.32 Å². The van der Waals surface area contributed by atoms with E-state index in [2.05, 4.69) is 41.5 Å². The number of hydrogen-bond donors (Lipinski definition) is 1. The van der Waals surface area contributed by atoms with E-state index in [9.17, 15) is 0 Å². The van der Waals surface area contributed by atoms with Crippen molar-refractivity contribution in [3.8, 4) is 0 Å². The highest BCUT2D eigenvalue weighted by molar-refractivity contribution is 5.78. The fourth-order valence-corrected chi connectivity index (χ4v) is 1.80. The van der Waals surface area contributed by atoms with E-state index in [1.165, 1.54) is 10.9 Å². The van der Waals surface area contributed by atoms with E-state index in [1.807, 2.05) is 19.3 Å². The molecule has 1 heterocycles. The first-order valence-corrected chi connectivity index (χ1v) is 5.80. The van der Waals surface area contributed by atoms with Crippen molar-refractivity contribution >= 4 is 10.9 Å². The molecule has 1 unspecified atom stereocenters. The van der Waals surface area contributed by atoms with Crippen LogP contribution in [0.25, 0.3) is 10.9 Å². The van der Waals surface area contributed by atoms with E-state index in [4.69, 9.17) is 0 Å². The molecule has 1 aromatic heterocycles. The van der Waals surface area contributed by atoms with Crippen LogP contribution in [0.15, 0.2) is 36.5 Å². The van der Waals surface area contributed by atoms with Crippen molar-refractivity contribution in [3.63, 3.8) is 0 Å². The van der Waals surface area contributed by atoms with Gasteiger partial charge in [0.15, 0.2) is 0 Å². The Morgan fingerprint density at radius 3 is 3.00 bits per heavy atom. The SMILES string of the molecule is CNC(C)CCc1ccc2cccnc2c1. The van der Waals surface area contributed by atoms with Gasteiger partial charge in [0.2, 0.25) is 0 Å². The lowest BCUT2D eigenvalue weighted by molar-refractivity contribution is 0.565. The molecule has 0 bridgehead atoms. The van der Waals surface area contributed by atoms with Gasteiger partial charge in [-0.1, -0.05) is 18.2 Å². The van der Waals surface area contributed by atoms with E-state index in [1.54, 1.807) is 0 Å². The van der Waals surface area contributed by atoms with Crippen LogP contribution in [0.3, 0.4) is 0 Å². The van der Waals surface area contributed by atoms with Gasteiger partial charge in [-0.15, -0.1) is 0 Å². The summed E-state index contributed by atoms with van der Waals surface area (Å²) in [5, 5.41) is 4.47. The lowest BCUT2D eigenvalue weighted by atomic mass is 10.0. The number of aromatic nitrogens is 1. The van der Waals surface area contributed by atoms with Gasteiger partial charge in [-0.3, -0.25) is 4.98 Å². The van der Waals surface area contributed by atoms with Crippen LogP contribution in [0.5, 0.6) is 0 Å². The number of rotatable bonds is 4. The van der Waals surface area contributed by atoms with Crippen LogP contribution in [0.1, 0.15) is 18.9 Å². The van der Waals surface area contributed by atoms with Gasteiger partial charge in [0, 0.05) is 17.6 Å². The van der Waals surface area contributed by atoms with E-state index < -0.39 is 0 Å². The first-order chi connectivity index (χ1) is 7.79. The molecule has 0 amide bonds. The molecule has 0 saturated heterocycles. The number of nitrogens with zero attached hydrogens (tertiary/aromatic N) is 1. The lowest BCUT2D eigenvalue weighted by Gasteiger charge is -2.09. The van der Waals surface area contributed by atoms with Crippen LogP contribution < -0.4 is 5.32 Å². The number of pyridine rings is 1. The van der Waals surface area contributed by atoms with Gasteiger partial charge >= 0.3 is 0 Å². The Morgan fingerprint density at radius 1 is 1.31 bits per heavy atom.